The Morgan fingerprint density at radius 1 is 1.16 bits per heavy atom. The van der Waals surface area contributed by atoms with Crippen LogP contribution in [0.4, 0.5) is 5.69 Å². The second kappa shape index (κ2) is 11.0. The lowest BCUT2D eigenvalue weighted by atomic mass is 9.58. The Bertz CT molecular complexity index is 1670. The number of likely N-dealkylation sites (tertiary alicyclic amines) is 1. The largest absolute Gasteiger partial charge is 0.510 e. The summed E-state index contributed by atoms with van der Waals surface area (Å²) in [6.07, 6.45) is 2.55. The molecule has 0 radical (unpaired) electrons. The Hall–Kier alpha value is -4.17. The molecule has 7 N–H and O–H groups in total. The van der Waals surface area contributed by atoms with Gasteiger partial charge in [0.2, 0.25) is 5.78 Å². The fourth-order valence-corrected chi connectivity index (χ4v) is 7.76. The van der Waals surface area contributed by atoms with Gasteiger partial charge in [-0.05, 0) is 82.5 Å². The highest BCUT2D eigenvalue weighted by Crippen LogP contribution is 2.54. The van der Waals surface area contributed by atoms with Crippen molar-refractivity contribution < 1.29 is 39.0 Å². The van der Waals surface area contributed by atoms with E-state index in [1.807, 2.05) is 31.1 Å². The summed E-state index contributed by atoms with van der Waals surface area (Å²) in [5.74, 6) is 0.699. The van der Waals surface area contributed by atoms with E-state index in [2.05, 4.69) is 4.90 Å². The number of amides is 1. The lowest BCUT2D eigenvalue weighted by Gasteiger charge is -2.50. The molecule has 0 saturated carbocycles. The number of Topliss-reactive ketones (excluding diaryl/α,β-unsaturated/α-hetero) is 2. The van der Waals surface area contributed by atoms with Crippen LogP contribution in [0.15, 0.2) is 45.3 Å². The van der Waals surface area contributed by atoms with Gasteiger partial charge in [0.1, 0.15) is 28.6 Å². The Labute approximate surface area is 260 Å². The number of fused-ring (bicyclic) bond motifs is 3. The Morgan fingerprint density at radius 2 is 1.84 bits per heavy atom. The van der Waals surface area contributed by atoms with Gasteiger partial charge < -0.3 is 35.2 Å². The van der Waals surface area contributed by atoms with Gasteiger partial charge in [0, 0.05) is 31.3 Å². The van der Waals surface area contributed by atoms with Crippen LogP contribution >= 0.6 is 0 Å². The third-order valence-corrected chi connectivity index (χ3v) is 9.78. The minimum atomic E-state index is -2.68. The van der Waals surface area contributed by atoms with Gasteiger partial charge in [-0.2, -0.15) is 5.90 Å². The fraction of sp³-hybridized carbons (Fsp3) is 0.469. The van der Waals surface area contributed by atoms with Crippen LogP contribution in [0.3, 0.4) is 0 Å². The first kappa shape index (κ1) is 30.8. The highest BCUT2D eigenvalue weighted by atomic mass is 16.6. The average Bonchev–Trinajstić information content (AvgIpc) is 3.66. The van der Waals surface area contributed by atoms with Crippen LogP contribution in [0.5, 0.6) is 5.75 Å². The minimum absolute atomic E-state index is 0.0343. The predicted molar refractivity (Wildman–Crippen MR) is 163 cm³/mol. The van der Waals surface area contributed by atoms with Crippen LogP contribution < -0.4 is 21.4 Å². The maximum atomic E-state index is 14.5. The van der Waals surface area contributed by atoms with E-state index in [9.17, 15) is 29.7 Å². The molecule has 1 aromatic heterocycles. The van der Waals surface area contributed by atoms with Crippen LogP contribution in [0.25, 0.3) is 11.3 Å². The van der Waals surface area contributed by atoms with Crippen molar-refractivity contribution in [2.45, 2.75) is 43.9 Å². The number of anilines is 1. The molecule has 0 unspecified atom stereocenters. The molecule has 4 atom stereocenters. The van der Waals surface area contributed by atoms with E-state index in [-0.39, 0.29) is 29.7 Å². The SMILES string of the molecule is CN(C)c1cc(-c2ccc(CN3CCCC3)o2)c(ON)c2c1C[C@H]1C[C@H]3[C@H](N(C)C)C(O)=C(C(N)=O)C(=O)[C@@]3(O)C(O)=C1C2=O. The number of furan rings is 1. The third kappa shape index (κ3) is 4.56. The van der Waals surface area contributed by atoms with Crippen molar-refractivity contribution in [3.8, 4) is 17.1 Å². The summed E-state index contributed by atoms with van der Waals surface area (Å²) in [5, 5.41) is 34.6. The molecule has 45 heavy (non-hydrogen) atoms. The van der Waals surface area contributed by atoms with Crippen molar-refractivity contribution in [3.63, 3.8) is 0 Å². The molecule has 1 aromatic carbocycles. The summed E-state index contributed by atoms with van der Waals surface area (Å²) in [5.41, 5.74) is 3.60. The number of nitrogens with zero attached hydrogens (tertiary/aromatic N) is 3. The molecule has 1 saturated heterocycles. The van der Waals surface area contributed by atoms with E-state index < -0.39 is 58.0 Å². The summed E-state index contributed by atoms with van der Waals surface area (Å²) in [6.45, 7) is 2.63. The molecule has 1 aliphatic heterocycles. The number of ketones is 2. The average molecular weight is 622 g/mol. The molecule has 4 aliphatic rings. The number of aliphatic hydroxyl groups is 3. The number of nitrogens with two attached hydrogens (primary N) is 2. The van der Waals surface area contributed by atoms with Gasteiger partial charge in [0.15, 0.2) is 17.1 Å². The van der Waals surface area contributed by atoms with Gasteiger partial charge in [-0.15, -0.1) is 0 Å². The number of primary amides is 1. The fourth-order valence-electron chi connectivity index (χ4n) is 7.76. The number of rotatable bonds is 7. The zero-order chi connectivity index (χ0) is 32.5. The summed E-state index contributed by atoms with van der Waals surface area (Å²) >= 11 is 0. The topological polar surface area (TPSA) is 196 Å². The minimum Gasteiger partial charge on any atom is -0.510 e. The van der Waals surface area contributed by atoms with Crippen LogP contribution in [0, 0.1) is 11.8 Å². The summed E-state index contributed by atoms with van der Waals surface area (Å²) in [7, 11) is 6.89. The number of hydrogen-bond donors (Lipinski definition) is 5. The first-order valence-electron chi connectivity index (χ1n) is 15.0. The smallest absolute Gasteiger partial charge is 0.255 e. The maximum absolute atomic E-state index is 14.5. The van der Waals surface area contributed by atoms with Crippen molar-refractivity contribution in [1.29, 1.82) is 0 Å². The molecule has 0 spiro atoms. The van der Waals surface area contributed by atoms with Crippen molar-refractivity contribution in [2.75, 3.05) is 46.2 Å². The monoisotopic (exact) mass is 621 g/mol. The van der Waals surface area contributed by atoms with Crippen LogP contribution in [0.2, 0.25) is 0 Å². The number of benzene rings is 1. The van der Waals surface area contributed by atoms with Gasteiger partial charge in [-0.3, -0.25) is 24.2 Å². The normalized spacial score (nSPS) is 26.7. The van der Waals surface area contributed by atoms with Crippen molar-refractivity contribution >= 4 is 23.2 Å². The van der Waals surface area contributed by atoms with E-state index in [1.165, 1.54) is 4.90 Å². The summed E-state index contributed by atoms with van der Waals surface area (Å²) in [4.78, 5) is 51.4. The molecule has 3 aliphatic carbocycles. The van der Waals surface area contributed by atoms with Gasteiger partial charge in [-0.25, -0.2) is 0 Å². The Balaban J connectivity index is 1.51. The van der Waals surface area contributed by atoms with Gasteiger partial charge >= 0.3 is 0 Å². The van der Waals surface area contributed by atoms with Crippen molar-refractivity contribution in [2.24, 2.45) is 23.5 Å². The van der Waals surface area contributed by atoms with E-state index in [0.717, 1.165) is 31.7 Å². The highest BCUT2D eigenvalue weighted by Gasteiger charge is 2.63. The van der Waals surface area contributed by atoms with E-state index in [4.69, 9.17) is 20.9 Å². The van der Waals surface area contributed by atoms with Crippen LogP contribution in [0.1, 0.15) is 40.9 Å². The van der Waals surface area contributed by atoms with Crippen LogP contribution in [-0.4, -0.2) is 95.5 Å². The molecule has 13 heteroatoms. The van der Waals surface area contributed by atoms with Crippen molar-refractivity contribution in [1.82, 2.24) is 9.80 Å². The second-order valence-corrected chi connectivity index (χ2v) is 12.9. The maximum Gasteiger partial charge on any atom is 0.255 e. The third-order valence-electron chi connectivity index (χ3n) is 9.78. The second-order valence-electron chi connectivity index (χ2n) is 12.9. The van der Waals surface area contributed by atoms with Crippen molar-refractivity contribution in [3.05, 3.63) is 57.8 Å². The number of allylic oxidation sites excluding steroid dienone is 1. The molecule has 6 rings (SSSR count). The van der Waals surface area contributed by atoms with E-state index >= 15 is 0 Å². The van der Waals surface area contributed by atoms with Gasteiger partial charge in [-0.1, -0.05) is 0 Å². The molecule has 240 valence electrons. The van der Waals surface area contributed by atoms with Gasteiger partial charge in [0.05, 0.1) is 23.7 Å². The lowest BCUT2D eigenvalue weighted by molar-refractivity contribution is -0.148. The molecule has 1 fully saturated rings. The number of hydrogen-bond acceptors (Lipinski definition) is 12. The predicted octanol–water partition coefficient (Wildman–Crippen LogP) is 1.59. The molecule has 13 nitrogen and oxygen atoms in total. The highest BCUT2D eigenvalue weighted by molar-refractivity contribution is 6.25. The Morgan fingerprint density at radius 3 is 2.44 bits per heavy atom. The molecule has 0 bridgehead atoms. The molecular formula is C32H39N5O8. The quantitative estimate of drug-likeness (QED) is 0.222. The molecule has 2 aromatic rings. The first-order chi connectivity index (χ1) is 21.3. The number of aliphatic hydroxyl groups excluding tert-OH is 2. The van der Waals surface area contributed by atoms with Crippen LogP contribution in [-0.2, 0) is 22.6 Å². The van der Waals surface area contributed by atoms with E-state index in [0.29, 0.717) is 29.1 Å². The summed E-state index contributed by atoms with van der Waals surface area (Å²) in [6, 6.07) is 4.48. The number of carbonyl (C=O) groups excluding carboxylic acids is 3. The molecule has 1 amide bonds. The molecular weight excluding hydrogens is 582 g/mol. The lowest BCUT2D eigenvalue weighted by Crippen LogP contribution is -2.63. The van der Waals surface area contributed by atoms with E-state index in [1.54, 1.807) is 20.2 Å². The zero-order valence-electron chi connectivity index (χ0n) is 25.8. The first-order valence-corrected chi connectivity index (χ1v) is 15.0. The summed E-state index contributed by atoms with van der Waals surface area (Å²) < 4.78 is 6.21. The zero-order valence-corrected chi connectivity index (χ0v) is 25.8. The molecule has 2 heterocycles. The standard InChI is InChI=1S/C32H39N5O8/c1-35(2)20-13-18(21-8-7-16(44-21)14-37-9-5-6-10-37)28(45-34)23-17(20)11-15-12-19-25(36(3)4)27(39)24(31(33)42)30(41)32(19,43)29(40)22(15)26(23)38/h7-8,13,15,19,25,39-40,43H,5-6,9-12,14,34H2,1-4H3,(H2,33,42)/t15-,19-,25-,32-/m0/s1. The Kier molecular flexibility index (Phi) is 7.55. The van der Waals surface area contributed by atoms with Gasteiger partial charge in [0.25, 0.3) is 5.91 Å². The number of likely N-dealkylation sites (N-methyl/N-ethyl adjacent to an activating group) is 1. The number of carbonyl (C=O) groups is 3.